The molecule has 5 nitrogen and oxygen atoms in total. The predicted octanol–water partition coefficient (Wildman–Crippen LogP) is 11.2. The van der Waals surface area contributed by atoms with Gasteiger partial charge in [-0.1, -0.05) is 120 Å². The first-order chi connectivity index (χ1) is 19.7. The van der Waals surface area contributed by atoms with Crippen LogP contribution in [0.1, 0.15) is 90.0 Å². The maximum absolute atomic E-state index is 11.5. The molecule has 0 saturated heterocycles. The van der Waals surface area contributed by atoms with Gasteiger partial charge in [-0.25, -0.2) is 0 Å². The van der Waals surface area contributed by atoms with E-state index in [-0.39, 0.29) is 32.4 Å². The summed E-state index contributed by atoms with van der Waals surface area (Å²) in [6, 6.07) is 0. The van der Waals surface area contributed by atoms with Crippen LogP contribution in [0.25, 0.3) is 0 Å². The van der Waals surface area contributed by atoms with Crippen LogP contribution in [-0.4, -0.2) is 69.4 Å². The largest absolute Gasteiger partial charge is 0.413 e. The van der Waals surface area contributed by atoms with E-state index in [2.05, 4.69) is 148 Å². The quantitative estimate of drug-likeness (QED) is 0.136. The van der Waals surface area contributed by atoms with Crippen molar-refractivity contribution in [3.05, 3.63) is 36.5 Å². The number of allylic oxidation sites excluding steroid dienone is 1. The van der Waals surface area contributed by atoms with Gasteiger partial charge in [-0.15, -0.1) is 0 Å². The fraction of sp³-hybridized carbons (Fsp3) is 0.833. The van der Waals surface area contributed by atoms with Crippen molar-refractivity contribution >= 4 is 33.3 Å². The van der Waals surface area contributed by atoms with Crippen LogP contribution in [0.15, 0.2) is 36.5 Å². The van der Waals surface area contributed by atoms with Crippen LogP contribution in [0.4, 0.5) is 0 Å². The Morgan fingerprint density at radius 2 is 0.822 bits per heavy atom. The Hall–Kier alpha value is -0.112. The number of aliphatic hydroxyl groups is 1. The molecule has 4 atom stereocenters. The van der Waals surface area contributed by atoms with Gasteiger partial charge >= 0.3 is 0 Å². The average molecular weight is 701 g/mol. The number of hydrogen-bond donors (Lipinski definition) is 1. The van der Waals surface area contributed by atoms with Gasteiger partial charge < -0.3 is 22.8 Å². The lowest BCUT2D eigenvalue weighted by Gasteiger charge is -2.44. The minimum Gasteiger partial charge on any atom is -0.413 e. The Kier molecular flexibility index (Phi) is 16.0. The monoisotopic (exact) mass is 700 g/mol. The lowest BCUT2D eigenvalue weighted by molar-refractivity contribution is 0.0796. The van der Waals surface area contributed by atoms with Gasteiger partial charge in [-0.3, -0.25) is 0 Å². The van der Waals surface area contributed by atoms with Gasteiger partial charge in [0.05, 0.1) is 24.9 Å². The van der Waals surface area contributed by atoms with Crippen LogP contribution >= 0.6 is 0 Å². The van der Waals surface area contributed by atoms with Crippen molar-refractivity contribution in [3.8, 4) is 0 Å². The minimum absolute atomic E-state index is 0.00726. The van der Waals surface area contributed by atoms with Gasteiger partial charge in [-0.05, 0) is 79.5 Å². The molecule has 0 fully saturated rings. The van der Waals surface area contributed by atoms with E-state index < -0.39 is 45.5 Å². The topological polar surface area (TPSA) is 57.2 Å². The van der Waals surface area contributed by atoms with Gasteiger partial charge in [0.15, 0.2) is 33.3 Å². The van der Waals surface area contributed by atoms with Crippen molar-refractivity contribution in [3.63, 3.8) is 0 Å². The highest BCUT2D eigenvalue weighted by atomic mass is 28.4. The predicted molar refractivity (Wildman–Crippen MR) is 208 cm³/mol. The van der Waals surface area contributed by atoms with Crippen LogP contribution in [0.5, 0.6) is 0 Å². The maximum atomic E-state index is 11.5. The van der Waals surface area contributed by atoms with Gasteiger partial charge in [0.1, 0.15) is 6.10 Å². The Morgan fingerprint density at radius 1 is 0.489 bits per heavy atom. The second kappa shape index (κ2) is 16.1. The summed E-state index contributed by atoms with van der Waals surface area (Å²) in [5.74, 6) is 0. The Balaban J connectivity index is 6.85. The highest BCUT2D eigenvalue weighted by molar-refractivity contribution is 6.75. The summed E-state index contributed by atoms with van der Waals surface area (Å²) in [7, 11) is -8.45. The van der Waals surface area contributed by atoms with Crippen LogP contribution < -0.4 is 0 Å². The van der Waals surface area contributed by atoms with Gasteiger partial charge in [0, 0.05) is 0 Å². The third-order valence-corrected chi connectivity index (χ3v) is 28.8. The molecule has 0 rings (SSSR count). The van der Waals surface area contributed by atoms with Crippen LogP contribution in [0, 0.1) is 0 Å². The van der Waals surface area contributed by atoms with Crippen molar-refractivity contribution in [1.29, 1.82) is 0 Å². The van der Waals surface area contributed by atoms with E-state index >= 15 is 0 Å². The van der Waals surface area contributed by atoms with Crippen molar-refractivity contribution in [2.24, 2.45) is 0 Å². The van der Waals surface area contributed by atoms with Crippen molar-refractivity contribution in [2.75, 3.05) is 6.61 Å². The van der Waals surface area contributed by atoms with Gasteiger partial charge in [0.2, 0.25) is 0 Å². The summed E-state index contributed by atoms with van der Waals surface area (Å²) >= 11 is 0. The summed E-state index contributed by atoms with van der Waals surface area (Å²) in [4.78, 5) is 0. The summed E-state index contributed by atoms with van der Waals surface area (Å²) in [6.45, 7) is 47.7. The van der Waals surface area contributed by atoms with E-state index in [4.69, 9.17) is 17.7 Å². The molecule has 266 valence electrons. The third kappa shape index (κ3) is 13.7. The summed E-state index contributed by atoms with van der Waals surface area (Å²) in [5.41, 5.74) is 0. The van der Waals surface area contributed by atoms with Crippen LogP contribution in [0.3, 0.4) is 0 Å². The molecule has 0 spiro atoms. The van der Waals surface area contributed by atoms with Crippen LogP contribution in [-0.2, 0) is 17.7 Å². The first-order valence-corrected chi connectivity index (χ1v) is 28.7. The van der Waals surface area contributed by atoms with Crippen LogP contribution in [0.2, 0.25) is 72.5 Å². The molecule has 0 saturated carbocycles. The standard InChI is InChI=1S/C36H76O5Si4/c1-22-24-30(39-43(16,17)34(5,6)7)29(37)26-27-32(41-45(20,21)36(11,12)13)31(40-44(18,19)35(8,9)10)25-23-28-38-42(14,15)33(2,3)4/h22-27,29-32,37H,28H2,1-21H3/b24-22+,25-23+,27-26+/t29-,30-,31+,32+/m1/s1. The van der Waals surface area contributed by atoms with Crippen molar-refractivity contribution in [2.45, 2.75) is 187 Å². The summed E-state index contributed by atoms with van der Waals surface area (Å²) < 4.78 is 27.4. The smallest absolute Gasteiger partial charge is 0.193 e. The average Bonchev–Trinajstić information content (AvgIpc) is 2.80. The zero-order valence-corrected chi connectivity index (χ0v) is 37.6. The Labute approximate surface area is 285 Å². The molecule has 0 aromatic rings. The molecule has 0 bridgehead atoms. The number of aliphatic hydroxyl groups excluding tert-OH is 1. The summed E-state index contributed by atoms with van der Waals surface area (Å²) in [5, 5.41) is 11.8. The molecular weight excluding hydrogens is 625 g/mol. The molecule has 0 aliphatic rings. The molecule has 0 aliphatic carbocycles. The SMILES string of the molecule is C/C=C/[C@@H](O[Si](C)(C)C(C)(C)C)[C@H](O)/C=C/[C@H](O[Si](C)(C)C(C)(C)C)[C@H](/C=C/CO[Si](C)(C)C(C)(C)C)O[Si](C)(C)C(C)(C)C. The molecule has 0 aromatic carbocycles. The van der Waals surface area contributed by atoms with E-state index in [0.717, 1.165) is 0 Å². The van der Waals surface area contributed by atoms with E-state index in [1.165, 1.54) is 0 Å². The van der Waals surface area contributed by atoms with Crippen molar-refractivity contribution in [1.82, 2.24) is 0 Å². The van der Waals surface area contributed by atoms with E-state index in [9.17, 15) is 5.11 Å². The minimum atomic E-state index is -2.23. The molecule has 1 N–H and O–H groups in total. The molecule has 0 aromatic heterocycles. The first-order valence-electron chi connectivity index (χ1n) is 17.1. The molecule has 0 amide bonds. The fourth-order valence-electron chi connectivity index (χ4n) is 3.39. The molecule has 0 heterocycles. The maximum Gasteiger partial charge on any atom is 0.193 e. The second-order valence-corrected chi connectivity index (χ2v) is 38.0. The van der Waals surface area contributed by atoms with Crippen molar-refractivity contribution < 1.29 is 22.8 Å². The molecule has 0 unspecified atom stereocenters. The third-order valence-electron chi connectivity index (χ3n) is 10.9. The zero-order valence-electron chi connectivity index (χ0n) is 33.6. The lowest BCUT2D eigenvalue weighted by Crippen LogP contribution is -2.51. The molecule has 45 heavy (non-hydrogen) atoms. The summed E-state index contributed by atoms with van der Waals surface area (Å²) in [6.07, 6.45) is 10.2. The first kappa shape index (κ1) is 44.9. The molecule has 0 aliphatic heterocycles. The highest BCUT2D eigenvalue weighted by Crippen LogP contribution is 2.42. The van der Waals surface area contributed by atoms with E-state index in [1.54, 1.807) is 0 Å². The molecule has 0 radical (unpaired) electrons. The number of rotatable bonds is 15. The van der Waals surface area contributed by atoms with Gasteiger partial charge in [0.25, 0.3) is 0 Å². The van der Waals surface area contributed by atoms with E-state index in [1.807, 2.05) is 31.2 Å². The normalized spacial score (nSPS) is 18.3. The van der Waals surface area contributed by atoms with E-state index in [0.29, 0.717) is 6.61 Å². The second-order valence-electron chi connectivity index (χ2n) is 18.9. The van der Waals surface area contributed by atoms with Gasteiger partial charge in [-0.2, -0.15) is 0 Å². The Bertz CT molecular complexity index is 987. The lowest BCUT2D eigenvalue weighted by atomic mass is 10.1. The fourth-order valence-corrected chi connectivity index (χ4v) is 8.08. The zero-order chi connectivity index (χ0) is 36.1. The Morgan fingerprint density at radius 3 is 1.16 bits per heavy atom. The molecule has 9 heteroatoms. The highest BCUT2D eigenvalue weighted by Gasteiger charge is 2.44. The number of hydrogen-bond acceptors (Lipinski definition) is 5. The molecular formula is C36H76O5Si4.